The van der Waals surface area contributed by atoms with E-state index in [1.807, 2.05) is 26.0 Å². The molecule has 0 N–H and O–H groups in total. The minimum Gasteiger partial charge on any atom is -0.298 e. The van der Waals surface area contributed by atoms with E-state index in [2.05, 4.69) is 19.9 Å². The van der Waals surface area contributed by atoms with Gasteiger partial charge in [0.25, 0.3) is 0 Å². The lowest BCUT2D eigenvalue weighted by Gasteiger charge is -2.05. The van der Waals surface area contributed by atoms with E-state index in [-0.39, 0.29) is 0 Å². The Labute approximate surface area is 91.8 Å². The van der Waals surface area contributed by atoms with Crippen molar-refractivity contribution in [1.29, 1.82) is 0 Å². The molecule has 1 aliphatic rings. The Hall–Kier alpha value is -1.37. The largest absolute Gasteiger partial charge is 0.298 e. The second-order valence-corrected chi connectivity index (χ2v) is 3.65. The number of benzene rings is 1. The van der Waals surface area contributed by atoms with Crippen molar-refractivity contribution in [2.75, 3.05) is 0 Å². The van der Waals surface area contributed by atoms with Crippen molar-refractivity contribution in [3.8, 4) is 0 Å². The van der Waals surface area contributed by atoms with E-state index < -0.39 is 0 Å². The van der Waals surface area contributed by atoms with E-state index in [1.54, 1.807) is 0 Å². The molecule has 2 rings (SSSR count). The second kappa shape index (κ2) is 4.92. The smallest absolute Gasteiger partial charge is 0.150 e. The zero-order chi connectivity index (χ0) is 11.4. The topological polar surface area (TPSA) is 17.1 Å². The molecule has 1 aromatic carbocycles. The lowest BCUT2D eigenvalue weighted by atomic mass is 9.99. The van der Waals surface area contributed by atoms with Gasteiger partial charge in [0, 0.05) is 5.56 Å². The minimum absolute atomic E-state index is 0.817. The summed E-state index contributed by atoms with van der Waals surface area (Å²) in [6.45, 7) is 8.20. The van der Waals surface area contributed by atoms with E-state index in [1.165, 1.54) is 16.7 Å². The van der Waals surface area contributed by atoms with Gasteiger partial charge in [0.2, 0.25) is 0 Å². The number of aryl methyl sites for hydroxylation is 1. The predicted molar refractivity (Wildman–Crippen MR) is 65.3 cm³/mol. The lowest BCUT2D eigenvalue weighted by molar-refractivity contribution is 0.112. The molecule has 0 saturated heterocycles. The quantitative estimate of drug-likeness (QED) is 0.633. The summed E-state index contributed by atoms with van der Waals surface area (Å²) >= 11 is 0. The molecule has 80 valence electrons. The van der Waals surface area contributed by atoms with Gasteiger partial charge < -0.3 is 0 Å². The fourth-order valence-electron chi connectivity index (χ4n) is 1.88. The van der Waals surface area contributed by atoms with Crippen LogP contribution in [0.4, 0.5) is 0 Å². The van der Waals surface area contributed by atoms with Crippen molar-refractivity contribution in [3.63, 3.8) is 0 Å². The maximum absolute atomic E-state index is 10.8. The molecular formula is C14H18O. The molecule has 1 aromatic rings. The molecule has 0 spiro atoms. The third-order valence-corrected chi connectivity index (χ3v) is 2.60. The molecule has 0 aliphatic heterocycles. The average molecular weight is 202 g/mol. The first-order chi connectivity index (χ1) is 7.22. The summed E-state index contributed by atoms with van der Waals surface area (Å²) < 4.78 is 0. The number of hydrogen-bond acceptors (Lipinski definition) is 1. The van der Waals surface area contributed by atoms with Gasteiger partial charge in [-0.05, 0) is 37.0 Å². The Morgan fingerprint density at radius 1 is 1.20 bits per heavy atom. The highest BCUT2D eigenvalue weighted by atomic mass is 16.1. The molecule has 0 fully saturated rings. The highest BCUT2D eigenvalue weighted by Gasteiger charge is 2.14. The zero-order valence-corrected chi connectivity index (χ0v) is 9.92. The highest BCUT2D eigenvalue weighted by Crippen LogP contribution is 2.29. The summed E-state index contributed by atoms with van der Waals surface area (Å²) in [5.74, 6) is 0. The van der Waals surface area contributed by atoms with E-state index in [4.69, 9.17) is 0 Å². The lowest BCUT2D eigenvalue weighted by Crippen LogP contribution is -1.93. The molecule has 1 heteroatoms. The van der Waals surface area contributed by atoms with Crippen LogP contribution in [0, 0.1) is 6.92 Å². The molecule has 1 aliphatic carbocycles. The Kier molecular flexibility index (Phi) is 3.84. The van der Waals surface area contributed by atoms with Gasteiger partial charge in [-0.2, -0.15) is 0 Å². The Morgan fingerprint density at radius 2 is 1.87 bits per heavy atom. The van der Waals surface area contributed by atoms with Crippen molar-refractivity contribution < 1.29 is 4.79 Å². The molecule has 0 heterocycles. The van der Waals surface area contributed by atoms with Crippen LogP contribution in [0.5, 0.6) is 0 Å². The third-order valence-electron chi connectivity index (χ3n) is 2.60. The van der Waals surface area contributed by atoms with E-state index in [0.717, 1.165) is 23.8 Å². The number of hydrogen-bond donors (Lipinski definition) is 0. The highest BCUT2D eigenvalue weighted by molar-refractivity contribution is 5.85. The monoisotopic (exact) mass is 202 g/mol. The second-order valence-electron chi connectivity index (χ2n) is 3.65. The Balaban J connectivity index is 0.000000531. The van der Waals surface area contributed by atoms with Gasteiger partial charge in [-0.15, -0.1) is 0 Å². The molecule has 0 amide bonds. The Bertz CT molecular complexity index is 400. The van der Waals surface area contributed by atoms with Crippen LogP contribution in [0.15, 0.2) is 17.7 Å². The predicted octanol–water partition coefficient (Wildman–Crippen LogP) is 3.79. The fraction of sp³-hybridized carbons (Fsp3) is 0.357. The number of carbonyl (C=O) groups is 1. The number of rotatable bonds is 1. The zero-order valence-electron chi connectivity index (χ0n) is 9.92. The van der Waals surface area contributed by atoms with Gasteiger partial charge in [0.15, 0.2) is 6.29 Å². The van der Waals surface area contributed by atoms with Crippen LogP contribution in [0.1, 0.15) is 47.8 Å². The SMILES string of the molecule is CC.CC1=Cc2c(C=O)ccc(C)c2C1. The standard InChI is InChI=1S/C12H12O.C2H6/c1-8-5-11-9(2)3-4-10(7-13)12(11)6-8;1-2/h3-4,6-7H,5H2,1-2H3;1-2H3. The van der Waals surface area contributed by atoms with Crippen molar-refractivity contribution in [2.24, 2.45) is 0 Å². The third kappa shape index (κ3) is 2.17. The number of fused-ring (bicyclic) bond motifs is 1. The first kappa shape index (κ1) is 11.7. The van der Waals surface area contributed by atoms with Crippen molar-refractivity contribution >= 4 is 12.4 Å². The van der Waals surface area contributed by atoms with Crippen LogP contribution < -0.4 is 0 Å². The molecule has 0 saturated carbocycles. The molecule has 1 nitrogen and oxygen atoms in total. The van der Waals surface area contributed by atoms with Gasteiger partial charge >= 0.3 is 0 Å². The molecule has 0 aromatic heterocycles. The Morgan fingerprint density at radius 3 is 2.47 bits per heavy atom. The first-order valence-corrected chi connectivity index (χ1v) is 5.47. The van der Waals surface area contributed by atoms with Crippen LogP contribution in [0.3, 0.4) is 0 Å². The van der Waals surface area contributed by atoms with Crippen LogP contribution >= 0.6 is 0 Å². The van der Waals surface area contributed by atoms with Gasteiger partial charge in [0.1, 0.15) is 0 Å². The summed E-state index contributed by atoms with van der Waals surface area (Å²) in [4.78, 5) is 10.8. The van der Waals surface area contributed by atoms with E-state index in [9.17, 15) is 4.79 Å². The maximum atomic E-state index is 10.8. The summed E-state index contributed by atoms with van der Waals surface area (Å²) in [6.07, 6.45) is 4.06. The van der Waals surface area contributed by atoms with E-state index in [0.29, 0.717) is 0 Å². The molecule has 0 atom stereocenters. The van der Waals surface area contributed by atoms with Crippen LogP contribution in [0.25, 0.3) is 6.08 Å². The van der Waals surface area contributed by atoms with Crippen molar-refractivity contribution in [2.45, 2.75) is 34.1 Å². The average Bonchev–Trinajstić information content (AvgIpc) is 2.64. The maximum Gasteiger partial charge on any atom is 0.150 e. The molecule has 0 unspecified atom stereocenters. The summed E-state index contributed by atoms with van der Waals surface area (Å²) in [6, 6.07) is 3.92. The molecular weight excluding hydrogens is 184 g/mol. The van der Waals surface area contributed by atoms with Crippen molar-refractivity contribution in [1.82, 2.24) is 0 Å². The van der Waals surface area contributed by atoms with Gasteiger partial charge in [-0.3, -0.25) is 4.79 Å². The normalized spacial score (nSPS) is 12.4. The number of allylic oxidation sites excluding steroid dienone is 1. The van der Waals surface area contributed by atoms with Crippen LogP contribution in [-0.2, 0) is 6.42 Å². The van der Waals surface area contributed by atoms with Gasteiger partial charge in [0.05, 0.1) is 0 Å². The summed E-state index contributed by atoms with van der Waals surface area (Å²) in [7, 11) is 0. The van der Waals surface area contributed by atoms with E-state index >= 15 is 0 Å². The molecule has 15 heavy (non-hydrogen) atoms. The van der Waals surface area contributed by atoms with Gasteiger partial charge in [-0.1, -0.05) is 37.6 Å². The van der Waals surface area contributed by atoms with Gasteiger partial charge in [-0.25, -0.2) is 0 Å². The number of carbonyl (C=O) groups excluding carboxylic acids is 1. The molecule has 0 bridgehead atoms. The van der Waals surface area contributed by atoms with Crippen LogP contribution in [0.2, 0.25) is 0 Å². The minimum atomic E-state index is 0.817. The summed E-state index contributed by atoms with van der Waals surface area (Å²) in [5.41, 5.74) is 5.90. The number of aldehydes is 1. The summed E-state index contributed by atoms with van der Waals surface area (Å²) in [5, 5.41) is 0. The molecule has 0 radical (unpaired) electrons. The first-order valence-electron chi connectivity index (χ1n) is 5.47. The van der Waals surface area contributed by atoms with Crippen molar-refractivity contribution in [3.05, 3.63) is 40.0 Å². The fourth-order valence-corrected chi connectivity index (χ4v) is 1.88. The van der Waals surface area contributed by atoms with Crippen LogP contribution in [-0.4, -0.2) is 6.29 Å².